The minimum absolute atomic E-state index is 0.315. The Morgan fingerprint density at radius 2 is 2.17 bits per heavy atom. The van der Waals surface area contributed by atoms with Crippen LogP contribution in [0, 0.1) is 5.92 Å². The van der Waals surface area contributed by atoms with Crippen LogP contribution in [0.4, 0.5) is 0 Å². The van der Waals surface area contributed by atoms with Crippen molar-refractivity contribution < 1.29 is 9.90 Å². The molecule has 2 rings (SSSR count). The molecule has 0 radical (unpaired) electrons. The summed E-state index contributed by atoms with van der Waals surface area (Å²) in [6.45, 7) is 7.22. The molecule has 0 saturated heterocycles. The van der Waals surface area contributed by atoms with Gasteiger partial charge in [-0.05, 0) is 24.1 Å². The average Bonchev–Trinajstić information content (AvgIpc) is 2.66. The van der Waals surface area contributed by atoms with E-state index in [2.05, 4.69) is 30.3 Å². The van der Waals surface area contributed by atoms with Gasteiger partial charge in [0.2, 0.25) is 0 Å². The van der Waals surface area contributed by atoms with Crippen molar-refractivity contribution >= 4 is 17.0 Å². The normalized spacial score (nSPS) is 11.3. The Morgan fingerprint density at radius 3 is 2.72 bits per heavy atom. The molecule has 4 heteroatoms. The van der Waals surface area contributed by atoms with Gasteiger partial charge in [0.05, 0.1) is 16.6 Å². The number of aryl methyl sites for hydroxylation is 1. The summed E-state index contributed by atoms with van der Waals surface area (Å²) in [5, 5.41) is 9.05. The van der Waals surface area contributed by atoms with E-state index >= 15 is 0 Å². The van der Waals surface area contributed by atoms with E-state index in [1.54, 1.807) is 18.2 Å². The van der Waals surface area contributed by atoms with Gasteiger partial charge in [0.15, 0.2) is 0 Å². The van der Waals surface area contributed by atoms with Crippen LogP contribution < -0.4 is 0 Å². The monoisotopic (exact) mass is 246 g/mol. The highest BCUT2D eigenvalue weighted by Crippen LogP contribution is 2.20. The van der Waals surface area contributed by atoms with Crippen molar-refractivity contribution in [2.24, 2.45) is 5.92 Å². The van der Waals surface area contributed by atoms with E-state index in [1.807, 2.05) is 0 Å². The van der Waals surface area contributed by atoms with Gasteiger partial charge >= 0.3 is 5.97 Å². The maximum atomic E-state index is 11.0. The van der Waals surface area contributed by atoms with Crippen molar-refractivity contribution in [3.63, 3.8) is 0 Å². The molecule has 0 aliphatic rings. The molecule has 0 spiro atoms. The standard InChI is InChI=1S/C14H18N2O2/c1-4-13-15-11-6-5-10(14(17)18)7-12(11)16(13)8-9(2)3/h5-7,9H,4,8H2,1-3H3,(H,17,18). The van der Waals surface area contributed by atoms with Gasteiger partial charge in [-0.2, -0.15) is 0 Å². The topological polar surface area (TPSA) is 55.1 Å². The maximum Gasteiger partial charge on any atom is 0.335 e. The minimum Gasteiger partial charge on any atom is -0.478 e. The molecule has 0 amide bonds. The molecule has 1 aromatic carbocycles. The van der Waals surface area contributed by atoms with Crippen molar-refractivity contribution in [2.45, 2.75) is 33.7 Å². The van der Waals surface area contributed by atoms with Crippen LogP contribution in [0.2, 0.25) is 0 Å². The van der Waals surface area contributed by atoms with Crippen LogP contribution in [-0.2, 0) is 13.0 Å². The predicted molar refractivity (Wildman–Crippen MR) is 70.9 cm³/mol. The predicted octanol–water partition coefficient (Wildman–Crippen LogP) is 2.95. The van der Waals surface area contributed by atoms with E-state index in [9.17, 15) is 4.79 Å². The fourth-order valence-corrected chi connectivity index (χ4v) is 2.14. The van der Waals surface area contributed by atoms with Crippen LogP contribution in [0.3, 0.4) is 0 Å². The summed E-state index contributed by atoms with van der Waals surface area (Å²) >= 11 is 0. The molecule has 2 aromatic rings. The highest BCUT2D eigenvalue weighted by molar-refractivity contribution is 5.92. The van der Waals surface area contributed by atoms with Crippen LogP contribution in [0.15, 0.2) is 18.2 Å². The Labute approximate surface area is 106 Å². The zero-order valence-corrected chi connectivity index (χ0v) is 11.0. The van der Waals surface area contributed by atoms with Crippen LogP contribution in [-0.4, -0.2) is 20.6 Å². The quantitative estimate of drug-likeness (QED) is 0.902. The summed E-state index contributed by atoms with van der Waals surface area (Å²) in [6.07, 6.45) is 0.851. The number of nitrogens with zero attached hydrogens (tertiary/aromatic N) is 2. The molecule has 0 aliphatic heterocycles. The molecule has 0 saturated carbocycles. The van der Waals surface area contributed by atoms with E-state index in [-0.39, 0.29) is 0 Å². The van der Waals surface area contributed by atoms with Gasteiger partial charge in [0.1, 0.15) is 5.82 Å². The Morgan fingerprint density at radius 1 is 1.44 bits per heavy atom. The van der Waals surface area contributed by atoms with Crippen molar-refractivity contribution in [3.05, 3.63) is 29.6 Å². The summed E-state index contributed by atoms with van der Waals surface area (Å²) in [4.78, 5) is 15.6. The van der Waals surface area contributed by atoms with Gasteiger partial charge in [0, 0.05) is 13.0 Å². The van der Waals surface area contributed by atoms with Gasteiger partial charge in [-0.1, -0.05) is 20.8 Å². The molecular formula is C14H18N2O2. The first-order valence-corrected chi connectivity index (χ1v) is 6.25. The molecule has 0 fully saturated rings. The zero-order valence-electron chi connectivity index (χ0n) is 11.0. The lowest BCUT2D eigenvalue weighted by molar-refractivity contribution is 0.0697. The summed E-state index contributed by atoms with van der Waals surface area (Å²) in [5.74, 6) is 0.620. The molecule has 4 nitrogen and oxygen atoms in total. The second-order valence-corrected chi connectivity index (χ2v) is 4.89. The number of carboxylic acid groups (broad SMARTS) is 1. The number of hydrogen-bond acceptors (Lipinski definition) is 2. The molecule has 1 heterocycles. The van der Waals surface area contributed by atoms with Gasteiger partial charge in [-0.25, -0.2) is 9.78 Å². The zero-order chi connectivity index (χ0) is 13.3. The Bertz CT molecular complexity index is 585. The highest BCUT2D eigenvalue weighted by atomic mass is 16.4. The third kappa shape index (κ3) is 2.23. The molecule has 1 aromatic heterocycles. The summed E-state index contributed by atoms with van der Waals surface area (Å²) in [5.41, 5.74) is 2.10. The number of carbonyl (C=O) groups is 1. The number of rotatable bonds is 4. The lowest BCUT2D eigenvalue weighted by atomic mass is 10.2. The number of benzene rings is 1. The lowest BCUT2D eigenvalue weighted by Gasteiger charge is -2.10. The molecule has 0 unspecified atom stereocenters. The number of aromatic carboxylic acids is 1. The smallest absolute Gasteiger partial charge is 0.335 e. The van der Waals surface area contributed by atoms with E-state index in [1.165, 1.54) is 0 Å². The molecular weight excluding hydrogens is 228 g/mol. The van der Waals surface area contributed by atoms with Gasteiger partial charge in [-0.3, -0.25) is 0 Å². The van der Waals surface area contributed by atoms with Gasteiger partial charge in [-0.15, -0.1) is 0 Å². The first-order valence-electron chi connectivity index (χ1n) is 6.25. The third-order valence-corrected chi connectivity index (χ3v) is 2.94. The summed E-state index contributed by atoms with van der Waals surface area (Å²) in [6, 6.07) is 5.11. The molecule has 0 atom stereocenters. The Hall–Kier alpha value is -1.84. The number of aromatic nitrogens is 2. The van der Waals surface area contributed by atoms with E-state index in [4.69, 9.17) is 5.11 Å². The Kier molecular flexibility index (Phi) is 3.36. The Balaban J connectivity index is 2.62. The van der Waals surface area contributed by atoms with E-state index < -0.39 is 5.97 Å². The van der Waals surface area contributed by atoms with Gasteiger partial charge < -0.3 is 9.67 Å². The fraction of sp³-hybridized carbons (Fsp3) is 0.429. The number of hydrogen-bond donors (Lipinski definition) is 1. The number of fused-ring (bicyclic) bond motifs is 1. The molecule has 0 bridgehead atoms. The molecule has 18 heavy (non-hydrogen) atoms. The second kappa shape index (κ2) is 4.80. The van der Waals surface area contributed by atoms with Crippen LogP contribution in [0.25, 0.3) is 11.0 Å². The first kappa shape index (κ1) is 12.6. The number of imidazole rings is 1. The maximum absolute atomic E-state index is 11.0. The minimum atomic E-state index is -0.896. The van der Waals surface area contributed by atoms with Crippen LogP contribution >= 0.6 is 0 Å². The largest absolute Gasteiger partial charge is 0.478 e. The average molecular weight is 246 g/mol. The second-order valence-electron chi connectivity index (χ2n) is 4.89. The molecule has 96 valence electrons. The molecule has 0 aliphatic carbocycles. The SMILES string of the molecule is CCc1nc2ccc(C(=O)O)cc2n1CC(C)C. The van der Waals surface area contributed by atoms with Crippen LogP contribution in [0.5, 0.6) is 0 Å². The summed E-state index contributed by atoms with van der Waals surface area (Å²) in [7, 11) is 0. The van der Waals surface area contributed by atoms with E-state index in [0.29, 0.717) is 11.5 Å². The first-order chi connectivity index (χ1) is 8.52. The highest BCUT2D eigenvalue weighted by Gasteiger charge is 2.12. The summed E-state index contributed by atoms with van der Waals surface area (Å²) < 4.78 is 2.13. The van der Waals surface area contributed by atoms with Crippen molar-refractivity contribution in [2.75, 3.05) is 0 Å². The van der Waals surface area contributed by atoms with Crippen molar-refractivity contribution in [1.82, 2.24) is 9.55 Å². The fourth-order valence-electron chi connectivity index (χ4n) is 2.14. The van der Waals surface area contributed by atoms with E-state index in [0.717, 1.165) is 29.8 Å². The van der Waals surface area contributed by atoms with Crippen molar-refractivity contribution in [3.8, 4) is 0 Å². The van der Waals surface area contributed by atoms with Crippen LogP contribution in [0.1, 0.15) is 37.0 Å². The van der Waals surface area contributed by atoms with Gasteiger partial charge in [0.25, 0.3) is 0 Å². The number of carboxylic acids is 1. The lowest BCUT2D eigenvalue weighted by Crippen LogP contribution is -2.08. The third-order valence-electron chi connectivity index (χ3n) is 2.94. The van der Waals surface area contributed by atoms with Crippen molar-refractivity contribution in [1.29, 1.82) is 0 Å². The molecule has 1 N–H and O–H groups in total.